The lowest BCUT2D eigenvalue weighted by atomic mass is 10.1. The molecule has 0 aromatic rings. The summed E-state index contributed by atoms with van der Waals surface area (Å²) in [5.41, 5.74) is 2.76. The monoisotopic (exact) mass is 209 g/mol. The largest absolute Gasteiger partial charge is 0.391 e. The van der Waals surface area contributed by atoms with Gasteiger partial charge in [-0.2, -0.15) is 0 Å². The smallest absolute Gasteiger partial charge is 0.0183 e. The number of allylic oxidation sites excluding steroid dienone is 2. The molecule has 3 nitrogen and oxygen atoms in total. The van der Waals surface area contributed by atoms with E-state index in [9.17, 15) is 0 Å². The number of unbranched alkanes of at least 4 members (excludes halogenated alkanes) is 1. The summed E-state index contributed by atoms with van der Waals surface area (Å²) in [5, 5.41) is 5.19. The maximum atomic E-state index is 5.82. The minimum Gasteiger partial charge on any atom is -0.391 e. The third kappa shape index (κ3) is 4.06. The van der Waals surface area contributed by atoms with Gasteiger partial charge in [0, 0.05) is 32.3 Å². The summed E-state index contributed by atoms with van der Waals surface area (Å²) in [5.74, 6) is 5.82. The molecule has 1 aliphatic heterocycles. The van der Waals surface area contributed by atoms with E-state index in [4.69, 9.17) is 5.84 Å². The summed E-state index contributed by atoms with van der Waals surface area (Å²) in [6.45, 7) is 4.10. The number of nitrogens with one attached hydrogen (secondary N) is 1. The fourth-order valence-corrected chi connectivity index (χ4v) is 1.80. The van der Waals surface area contributed by atoms with Crippen molar-refractivity contribution < 1.29 is 0 Å². The van der Waals surface area contributed by atoms with Gasteiger partial charge in [0.2, 0.25) is 0 Å². The Morgan fingerprint density at radius 3 is 2.80 bits per heavy atom. The molecule has 1 rings (SSSR count). The van der Waals surface area contributed by atoms with Crippen molar-refractivity contribution in [3.63, 3.8) is 0 Å². The van der Waals surface area contributed by atoms with E-state index in [1.165, 1.54) is 17.7 Å². The first-order valence-corrected chi connectivity index (χ1v) is 5.84. The Morgan fingerprint density at radius 2 is 2.13 bits per heavy atom. The van der Waals surface area contributed by atoms with Crippen LogP contribution in [0.15, 0.2) is 23.4 Å². The van der Waals surface area contributed by atoms with Gasteiger partial charge in [0.1, 0.15) is 0 Å². The van der Waals surface area contributed by atoms with Crippen LogP contribution < -0.4 is 11.2 Å². The Balaban J connectivity index is 2.65. The molecule has 86 valence electrons. The lowest BCUT2D eigenvalue weighted by molar-refractivity contribution is 0.297. The first-order valence-electron chi connectivity index (χ1n) is 5.84. The van der Waals surface area contributed by atoms with Crippen molar-refractivity contribution in [2.75, 3.05) is 20.1 Å². The van der Waals surface area contributed by atoms with Crippen molar-refractivity contribution in [1.82, 2.24) is 10.3 Å². The molecule has 0 aromatic carbocycles. The molecule has 0 unspecified atom stereocenters. The zero-order valence-corrected chi connectivity index (χ0v) is 9.92. The predicted octanol–water partition coefficient (Wildman–Crippen LogP) is 1.79. The standard InChI is InChI=1S/C12H23N3/c1-3-4-5-6-11-7-9-15(13)10-8-12(11)14-2/h5-6,14H,3-4,7-10,13H2,1-2H3/b6-5-. The number of rotatable bonds is 4. The van der Waals surface area contributed by atoms with Crippen molar-refractivity contribution in [2.45, 2.75) is 32.6 Å². The highest BCUT2D eigenvalue weighted by atomic mass is 15.4. The van der Waals surface area contributed by atoms with E-state index in [0.29, 0.717) is 0 Å². The van der Waals surface area contributed by atoms with Crippen LogP contribution in [0.3, 0.4) is 0 Å². The zero-order valence-electron chi connectivity index (χ0n) is 9.92. The summed E-state index contributed by atoms with van der Waals surface area (Å²) in [6.07, 6.45) is 8.97. The Morgan fingerprint density at radius 1 is 1.40 bits per heavy atom. The van der Waals surface area contributed by atoms with Crippen LogP contribution in [0.25, 0.3) is 0 Å². The fraction of sp³-hybridized carbons (Fsp3) is 0.667. The first kappa shape index (κ1) is 12.3. The molecular formula is C12H23N3. The molecule has 0 spiro atoms. The molecular weight excluding hydrogens is 186 g/mol. The molecule has 3 heteroatoms. The van der Waals surface area contributed by atoms with Crippen molar-refractivity contribution in [3.8, 4) is 0 Å². The lowest BCUT2D eigenvalue weighted by Gasteiger charge is -2.11. The molecule has 0 bridgehead atoms. The highest BCUT2D eigenvalue weighted by Gasteiger charge is 2.11. The topological polar surface area (TPSA) is 41.3 Å². The number of hydrogen-bond acceptors (Lipinski definition) is 3. The SMILES string of the molecule is CCC/C=C\C1=C(NC)CCN(N)CC1. The quantitative estimate of drug-likeness (QED) is 0.694. The van der Waals surface area contributed by atoms with E-state index in [-0.39, 0.29) is 0 Å². The van der Waals surface area contributed by atoms with Crippen molar-refractivity contribution >= 4 is 0 Å². The Bertz CT molecular complexity index is 243. The molecule has 0 aliphatic carbocycles. The number of hydrogen-bond donors (Lipinski definition) is 2. The molecule has 1 aliphatic rings. The summed E-state index contributed by atoms with van der Waals surface area (Å²) in [6, 6.07) is 0. The summed E-state index contributed by atoms with van der Waals surface area (Å²) >= 11 is 0. The van der Waals surface area contributed by atoms with Crippen LogP contribution in [-0.2, 0) is 0 Å². The predicted molar refractivity (Wildman–Crippen MR) is 65.1 cm³/mol. The Hall–Kier alpha value is -0.800. The second kappa shape index (κ2) is 6.64. The van der Waals surface area contributed by atoms with Crippen molar-refractivity contribution in [2.24, 2.45) is 5.84 Å². The molecule has 0 amide bonds. The molecule has 1 heterocycles. The third-order valence-corrected chi connectivity index (χ3v) is 2.78. The summed E-state index contributed by atoms with van der Waals surface area (Å²) in [4.78, 5) is 0. The van der Waals surface area contributed by atoms with Crippen molar-refractivity contribution in [3.05, 3.63) is 23.4 Å². The van der Waals surface area contributed by atoms with Crippen LogP contribution in [0.2, 0.25) is 0 Å². The van der Waals surface area contributed by atoms with Gasteiger partial charge in [-0.3, -0.25) is 5.84 Å². The van der Waals surface area contributed by atoms with E-state index in [0.717, 1.165) is 32.4 Å². The van der Waals surface area contributed by atoms with Gasteiger partial charge in [-0.05, 0) is 18.4 Å². The Labute approximate surface area is 93.0 Å². The van der Waals surface area contributed by atoms with Gasteiger partial charge in [0.15, 0.2) is 0 Å². The molecule has 0 fully saturated rings. The first-order chi connectivity index (χ1) is 7.27. The maximum Gasteiger partial charge on any atom is 0.0183 e. The highest BCUT2D eigenvalue weighted by Crippen LogP contribution is 2.16. The molecule has 0 saturated heterocycles. The minimum absolute atomic E-state index is 0.946. The fourth-order valence-electron chi connectivity index (χ4n) is 1.80. The summed E-state index contributed by atoms with van der Waals surface area (Å²) < 4.78 is 0. The van der Waals surface area contributed by atoms with Crippen LogP contribution in [-0.4, -0.2) is 25.1 Å². The molecule has 0 atom stereocenters. The van der Waals surface area contributed by atoms with Gasteiger partial charge in [-0.1, -0.05) is 25.5 Å². The van der Waals surface area contributed by atoms with E-state index >= 15 is 0 Å². The zero-order chi connectivity index (χ0) is 11.1. The lowest BCUT2D eigenvalue weighted by Crippen LogP contribution is -2.32. The third-order valence-electron chi connectivity index (χ3n) is 2.78. The Kier molecular flexibility index (Phi) is 5.43. The molecule has 0 aromatic heterocycles. The van der Waals surface area contributed by atoms with Gasteiger partial charge >= 0.3 is 0 Å². The molecule has 0 saturated carbocycles. The van der Waals surface area contributed by atoms with Gasteiger partial charge in [0.25, 0.3) is 0 Å². The van der Waals surface area contributed by atoms with Crippen LogP contribution in [0, 0.1) is 0 Å². The van der Waals surface area contributed by atoms with E-state index in [1.807, 2.05) is 12.1 Å². The van der Waals surface area contributed by atoms with Crippen LogP contribution >= 0.6 is 0 Å². The van der Waals surface area contributed by atoms with Gasteiger partial charge in [-0.15, -0.1) is 0 Å². The average Bonchev–Trinajstić information content (AvgIpc) is 2.42. The van der Waals surface area contributed by atoms with Crippen molar-refractivity contribution in [1.29, 1.82) is 0 Å². The van der Waals surface area contributed by atoms with Gasteiger partial charge < -0.3 is 5.32 Å². The highest BCUT2D eigenvalue weighted by molar-refractivity contribution is 5.26. The number of nitrogens with zero attached hydrogens (tertiary/aromatic N) is 1. The van der Waals surface area contributed by atoms with Crippen LogP contribution in [0.1, 0.15) is 32.6 Å². The van der Waals surface area contributed by atoms with Gasteiger partial charge in [0.05, 0.1) is 0 Å². The number of nitrogens with two attached hydrogens (primary N) is 1. The number of hydrazine groups is 1. The van der Waals surface area contributed by atoms with Crippen LogP contribution in [0.4, 0.5) is 0 Å². The average molecular weight is 209 g/mol. The maximum absolute atomic E-state index is 5.82. The van der Waals surface area contributed by atoms with Crippen LogP contribution in [0.5, 0.6) is 0 Å². The molecule has 0 radical (unpaired) electrons. The second-order valence-corrected chi connectivity index (χ2v) is 3.98. The molecule has 15 heavy (non-hydrogen) atoms. The van der Waals surface area contributed by atoms with E-state index < -0.39 is 0 Å². The summed E-state index contributed by atoms with van der Waals surface area (Å²) in [7, 11) is 2.00. The van der Waals surface area contributed by atoms with E-state index in [2.05, 4.69) is 24.4 Å². The normalized spacial score (nSPS) is 19.7. The van der Waals surface area contributed by atoms with Gasteiger partial charge in [-0.25, -0.2) is 5.01 Å². The second-order valence-electron chi connectivity index (χ2n) is 3.98. The molecule has 3 N–H and O–H groups in total. The minimum atomic E-state index is 0.946. The van der Waals surface area contributed by atoms with E-state index in [1.54, 1.807) is 0 Å².